The largest absolute Gasteiger partial charge is 0.389 e. The molecule has 0 saturated carbocycles. The molecule has 0 heterocycles. The number of halogens is 1. The van der Waals surface area contributed by atoms with Gasteiger partial charge in [0, 0.05) is 5.41 Å². The summed E-state index contributed by atoms with van der Waals surface area (Å²) >= 11 is 5.43. The summed E-state index contributed by atoms with van der Waals surface area (Å²) < 4.78 is 0. The average Bonchev–Trinajstić information content (AvgIpc) is 2.11. The van der Waals surface area contributed by atoms with Crippen molar-refractivity contribution in [3.05, 3.63) is 22.6 Å². The van der Waals surface area contributed by atoms with Crippen molar-refractivity contribution in [3.63, 3.8) is 0 Å². The van der Waals surface area contributed by atoms with E-state index in [1.807, 2.05) is 0 Å². The molecule has 0 bridgehead atoms. The number of hydrogen-bond acceptors (Lipinski definition) is 4. The Balaban J connectivity index is 4.78. The Morgan fingerprint density at radius 2 is 1.81 bits per heavy atom. The van der Waals surface area contributed by atoms with Gasteiger partial charge in [0.15, 0.2) is 6.29 Å². The van der Waals surface area contributed by atoms with Gasteiger partial charge < -0.3 is 16.8 Å². The second-order valence-electron chi connectivity index (χ2n) is 4.22. The molecule has 0 unspecified atom stereocenters. The van der Waals surface area contributed by atoms with Gasteiger partial charge in [-0.1, -0.05) is 32.4 Å². The van der Waals surface area contributed by atoms with Gasteiger partial charge >= 0.3 is 0 Å². The van der Waals surface area contributed by atoms with Crippen molar-refractivity contribution in [2.75, 3.05) is 0 Å². The molecule has 1 amide bonds. The first-order valence-electron chi connectivity index (χ1n) is 4.57. The van der Waals surface area contributed by atoms with Crippen molar-refractivity contribution in [3.8, 4) is 0 Å². The Bertz CT molecular complexity index is 350. The molecule has 0 fully saturated rings. The number of aldehydes is 1. The van der Waals surface area contributed by atoms with Crippen molar-refractivity contribution >= 4 is 23.8 Å². The molecular weight excluding hydrogens is 230 g/mol. The Hall–Kier alpha value is -1.49. The van der Waals surface area contributed by atoms with Gasteiger partial charge in [0.05, 0.1) is 5.57 Å². The fraction of sp³-hybridized carbons (Fsp3) is 0.400. The van der Waals surface area contributed by atoms with Gasteiger partial charge in [0.2, 0.25) is 5.91 Å². The summed E-state index contributed by atoms with van der Waals surface area (Å²) in [5.41, 5.74) is 10.2. The lowest BCUT2D eigenvalue weighted by molar-refractivity contribution is -0.127. The van der Waals surface area contributed by atoms with Crippen LogP contribution in [0.3, 0.4) is 0 Å². The SMILES string of the molecule is CC(C)(C)C(=O)N/C(N)=C/C(C=O)=C(\N)Cl. The summed E-state index contributed by atoms with van der Waals surface area (Å²) in [5.74, 6) is -0.245. The van der Waals surface area contributed by atoms with E-state index in [9.17, 15) is 9.59 Å². The topological polar surface area (TPSA) is 98.2 Å². The number of nitrogens with two attached hydrogens (primary N) is 2. The molecule has 0 atom stereocenters. The Kier molecular flexibility index (Phi) is 5.04. The van der Waals surface area contributed by atoms with Crippen LogP contribution >= 0.6 is 11.6 Å². The van der Waals surface area contributed by atoms with Crippen LogP contribution in [0.1, 0.15) is 20.8 Å². The van der Waals surface area contributed by atoms with Gasteiger partial charge in [0.1, 0.15) is 11.0 Å². The number of carbonyl (C=O) groups is 2. The fourth-order valence-electron chi connectivity index (χ4n) is 0.681. The predicted octanol–water partition coefficient (Wildman–Crippen LogP) is 0.557. The number of hydrogen-bond donors (Lipinski definition) is 3. The van der Waals surface area contributed by atoms with Gasteiger partial charge in [-0.15, -0.1) is 0 Å². The molecule has 6 heteroatoms. The number of amides is 1. The van der Waals surface area contributed by atoms with Crippen molar-refractivity contribution in [1.82, 2.24) is 5.32 Å². The maximum Gasteiger partial charge on any atom is 0.230 e. The molecule has 5 nitrogen and oxygen atoms in total. The van der Waals surface area contributed by atoms with Gasteiger partial charge in [0.25, 0.3) is 0 Å². The van der Waals surface area contributed by atoms with E-state index >= 15 is 0 Å². The highest BCUT2D eigenvalue weighted by Gasteiger charge is 2.21. The second-order valence-corrected chi connectivity index (χ2v) is 4.63. The van der Waals surface area contributed by atoms with E-state index in [0.29, 0.717) is 6.29 Å². The minimum atomic E-state index is -0.573. The van der Waals surface area contributed by atoms with Crippen LogP contribution in [0, 0.1) is 5.41 Å². The average molecular weight is 246 g/mol. The highest BCUT2D eigenvalue weighted by molar-refractivity contribution is 6.30. The molecule has 0 aromatic rings. The molecule has 0 aliphatic carbocycles. The van der Waals surface area contributed by atoms with Crippen molar-refractivity contribution in [2.45, 2.75) is 20.8 Å². The molecular formula is C10H16ClN3O2. The highest BCUT2D eigenvalue weighted by Crippen LogP contribution is 2.13. The molecule has 16 heavy (non-hydrogen) atoms. The van der Waals surface area contributed by atoms with E-state index in [-0.39, 0.29) is 22.5 Å². The molecule has 0 saturated heterocycles. The van der Waals surface area contributed by atoms with Crippen LogP contribution in [0.15, 0.2) is 22.6 Å². The van der Waals surface area contributed by atoms with Crippen molar-refractivity contribution in [1.29, 1.82) is 0 Å². The molecule has 0 radical (unpaired) electrons. The third kappa shape index (κ3) is 4.84. The van der Waals surface area contributed by atoms with Crippen LogP contribution in [0.4, 0.5) is 0 Å². The smallest absolute Gasteiger partial charge is 0.230 e. The van der Waals surface area contributed by atoms with E-state index in [0.717, 1.165) is 0 Å². The summed E-state index contributed by atoms with van der Waals surface area (Å²) in [4.78, 5) is 22.0. The van der Waals surface area contributed by atoms with E-state index in [1.54, 1.807) is 20.8 Å². The summed E-state index contributed by atoms with van der Waals surface area (Å²) in [6.45, 7) is 5.21. The van der Waals surface area contributed by atoms with Gasteiger partial charge in [-0.05, 0) is 6.08 Å². The molecule has 90 valence electrons. The zero-order chi connectivity index (χ0) is 12.9. The molecule has 0 aromatic heterocycles. The van der Waals surface area contributed by atoms with Gasteiger partial charge in [-0.3, -0.25) is 9.59 Å². The van der Waals surface area contributed by atoms with E-state index in [2.05, 4.69) is 5.32 Å². The lowest BCUT2D eigenvalue weighted by atomic mass is 9.96. The summed E-state index contributed by atoms with van der Waals surface area (Å²) in [6, 6.07) is 0. The number of allylic oxidation sites excluding steroid dienone is 2. The molecule has 0 rings (SSSR count). The van der Waals surface area contributed by atoms with E-state index < -0.39 is 5.41 Å². The van der Waals surface area contributed by atoms with Crippen LogP contribution in [-0.2, 0) is 9.59 Å². The first-order chi connectivity index (χ1) is 7.18. The number of rotatable bonds is 3. The minimum absolute atomic E-state index is 0.0191. The lowest BCUT2D eigenvalue weighted by Crippen LogP contribution is -2.36. The number of carbonyl (C=O) groups excluding carboxylic acids is 2. The minimum Gasteiger partial charge on any atom is -0.389 e. The van der Waals surface area contributed by atoms with E-state index in [1.165, 1.54) is 6.08 Å². The maximum atomic E-state index is 11.5. The van der Waals surface area contributed by atoms with E-state index in [4.69, 9.17) is 23.1 Å². The van der Waals surface area contributed by atoms with Crippen LogP contribution in [-0.4, -0.2) is 12.2 Å². The van der Waals surface area contributed by atoms with Crippen LogP contribution in [0.2, 0.25) is 0 Å². The standard InChI is InChI=1S/C10H16ClN3O2/c1-10(2,3)9(16)14-7(12)4-6(5-15)8(11)13/h4-5H,12-13H2,1-3H3,(H,14,16)/b7-4+,8-6+. The highest BCUT2D eigenvalue weighted by atomic mass is 35.5. The summed E-state index contributed by atoms with van der Waals surface area (Å²) in [6.07, 6.45) is 1.66. The third-order valence-corrected chi connectivity index (χ3v) is 1.87. The van der Waals surface area contributed by atoms with Gasteiger partial charge in [-0.25, -0.2) is 0 Å². The molecule has 0 aliphatic rings. The first kappa shape index (κ1) is 14.5. The second kappa shape index (κ2) is 5.55. The van der Waals surface area contributed by atoms with Crippen LogP contribution < -0.4 is 16.8 Å². The monoisotopic (exact) mass is 245 g/mol. The molecule has 5 N–H and O–H groups in total. The van der Waals surface area contributed by atoms with Crippen LogP contribution in [0.5, 0.6) is 0 Å². The third-order valence-electron chi connectivity index (χ3n) is 1.65. The predicted molar refractivity (Wildman–Crippen MR) is 63.0 cm³/mol. The Labute approximate surface area is 99.5 Å². The van der Waals surface area contributed by atoms with Gasteiger partial charge in [-0.2, -0.15) is 0 Å². The Morgan fingerprint density at radius 3 is 2.12 bits per heavy atom. The zero-order valence-corrected chi connectivity index (χ0v) is 10.3. The number of nitrogens with one attached hydrogen (secondary N) is 1. The summed E-state index contributed by atoms with van der Waals surface area (Å²) in [5, 5.41) is 2.25. The van der Waals surface area contributed by atoms with Crippen LogP contribution in [0.25, 0.3) is 0 Å². The fourth-order valence-corrected chi connectivity index (χ4v) is 0.781. The quantitative estimate of drug-likeness (QED) is 0.293. The molecule has 0 aliphatic heterocycles. The zero-order valence-electron chi connectivity index (χ0n) is 9.50. The molecule has 0 spiro atoms. The van der Waals surface area contributed by atoms with Crippen molar-refractivity contribution < 1.29 is 9.59 Å². The maximum absolute atomic E-state index is 11.5. The Morgan fingerprint density at radius 1 is 1.31 bits per heavy atom. The first-order valence-corrected chi connectivity index (χ1v) is 4.95. The summed E-state index contributed by atoms with van der Waals surface area (Å²) in [7, 11) is 0. The lowest BCUT2D eigenvalue weighted by Gasteiger charge is -2.17. The van der Waals surface area contributed by atoms with Crippen molar-refractivity contribution in [2.24, 2.45) is 16.9 Å². The molecule has 0 aromatic carbocycles. The normalized spacial score (nSPS) is 14.1.